The van der Waals surface area contributed by atoms with Crippen LogP contribution >= 0.6 is 23.2 Å². The standard InChI is InChI=1S/C13H10Cl2FNO2/c1-18-13-6-12(10(16)5-11(13)17)19-9-3-7(14)2-8(15)4-9/h2-6H,17H2,1H3. The SMILES string of the molecule is COc1cc(Oc2cc(Cl)cc(Cl)c2)c(F)cc1N. The topological polar surface area (TPSA) is 44.5 Å². The quantitative estimate of drug-likeness (QED) is 0.848. The monoisotopic (exact) mass is 301 g/mol. The Balaban J connectivity index is 2.37. The van der Waals surface area contributed by atoms with Gasteiger partial charge in [0.15, 0.2) is 11.6 Å². The second kappa shape index (κ2) is 5.55. The van der Waals surface area contributed by atoms with Gasteiger partial charge in [-0.1, -0.05) is 23.2 Å². The number of anilines is 1. The van der Waals surface area contributed by atoms with E-state index in [0.717, 1.165) is 6.07 Å². The highest BCUT2D eigenvalue weighted by Crippen LogP contribution is 2.34. The number of halogens is 3. The number of nitrogens with two attached hydrogens (primary N) is 1. The number of benzene rings is 2. The van der Waals surface area contributed by atoms with Crippen LogP contribution in [0, 0.1) is 5.82 Å². The molecule has 100 valence electrons. The van der Waals surface area contributed by atoms with Gasteiger partial charge < -0.3 is 15.2 Å². The average molecular weight is 302 g/mol. The van der Waals surface area contributed by atoms with Crippen molar-refractivity contribution in [2.24, 2.45) is 0 Å². The minimum absolute atomic E-state index is 0.0237. The summed E-state index contributed by atoms with van der Waals surface area (Å²) < 4.78 is 24.1. The molecule has 2 aromatic rings. The van der Waals surface area contributed by atoms with E-state index < -0.39 is 5.82 Å². The van der Waals surface area contributed by atoms with Gasteiger partial charge in [-0.05, 0) is 18.2 Å². The lowest BCUT2D eigenvalue weighted by atomic mass is 10.2. The molecule has 3 nitrogen and oxygen atoms in total. The summed E-state index contributed by atoms with van der Waals surface area (Å²) in [5, 5.41) is 0.788. The number of nitrogen functional groups attached to an aromatic ring is 1. The van der Waals surface area contributed by atoms with Crippen LogP contribution < -0.4 is 15.2 Å². The average Bonchev–Trinajstić information content (AvgIpc) is 2.31. The predicted molar refractivity (Wildman–Crippen MR) is 73.9 cm³/mol. The summed E-state index contributed by atoms with van der Waals surface area (Å²) in [6.45, 7) is 0. The zero-order valence-corrected chi connectivity index (χ0v) is 11.4. The molecule has 0 bridgehead atoms. The molecule has 0 fully saturated rings. The number of ether oxygens (including phenoxy) is 2. The van der Waals surface area contributed by atoms with Gasteiger partial charge >= 0.3 is 0 Å². The van der Waals surface area contributed by atoms with Crippen molar-refractivity contribution in [3.63, 3.8) is 0 Å². The normalized spacial score (nSPS) is 10.3. The van der Waals surface area contributed by atoms with E-state index in [4.69, 9.17) is 38.4 Å². The Hall–Kier alpha value is -1.65. The number of hydrogen-bond acceptors (Lipinski definition) is 3. The largest absolute Gasteiger partial charge is 0.494 e. The van der Waals surface area contributed by atoms with E-state index in [1.165, 1.54) is 25.3 Å². The Morgan fingerprint density at radius 1 is 1.00 bits per heavy atom. The molecule has 0 radical (unpaired) electrons. The molecular weight excluding hydrogens is 292 g/mol. The van der Waals surface area contributed by atoms with Crippen molar-refractivity contribution in [1.82, 2.24) is 0 Å². The summed E-state index contributed by atoms with van der Waals surface area (Å²) in [7, 11) is 1.43. The van der Waals surface area contributed by atoms with Crippen molar-refractivity contribution < 1.29 is 13.9 Å². The molecule has 0 aliphatic rings. The van der Waals surface area contributed by atoms with Crippen LogP contribution in [0.3, 0.4) is 0 Å². The zero-order valence-electron chi connectivity index (χ0n) is 9.91. The molecule has 0 amide bonds. The van der Waals surface area contributed by atoms with Gasteiger partial charge in [-0.2, -0.15) is 0 Å². The molecule has 19 heavy (non-hydrogen) atoms. The van der Waals surface area contributed by atoms with Crippen LogP contribution in [-0.4, -0.2) is 7.11 Å². The molecule has 0 saturated heterocycles. The van der Waals surface area contributed by atoms with Crippen molar-refractivity contribution in [3.8, 4) is 17.2 Å². The van der Waals surface area contributed by atoms with E-state index in [1.807, 2.05) is 0 Å². The van der Waals surface area contributed by atoms with E-state index in [2.05, 4.69) is 0 Å². The summed E-state index contributed by atoms with van der Waals surface area (Å²) in [5.74, 6) is 0.0199. The Morgan fingerprint density at radius 3 is 2.21 bits per heavy atom. The van der Waals surface area contributed by atoms with Gasteiger partial charge in [0.1, 0.15) is 11.5 Å². The molecule has 0 saturated carbocycles. The second-order valence-corrected chi connectivity index (χ2v) is 4.60. The molecular formula is C13H10Cl2FNO2. The smallest absolute Gasteiger partial charge is 0.168 e. The van der Waals surface area contributed by atoms with E-state index in [-0.39, 0.29) is 11.4 Å². The maximum atomic E-state index is 13.7. The van der Waals surface area contributed by atoms with E-state index in [1.54, 1.807) is 6.07 Å². The minimum Gasteiger partial charge on any atom is -0.494 e. The Kier molecular flexibility index (Phi) is 4.02. The van der Waals surface area contributed by atoms with Gasteiger partial charge in [-0.25, -0.2) is 4.39 Å². The molecule has 0 aliphatic carbocycles. The maximum Gasteiger partial charge on any atom is 0.168 e. The lowest BCUT2D eigenvalue weighted by Crippen LogP contribution is -1.96. The Morgan fingerprint density at radius 2 is 1.63 bits per heavy atom. The van der Waals surface area contributed by atoms with E-state index in [9.17, 15) is 4.39 Å². The summed E-state index contributed by atoms with van der Waals surface area (Å²) in [6.07, 6.45) is 0. The summed E-state index contributed by atoms with van der Waals surface area (Å²) >= 11 is 11.7. The van der Waals surface area contributed by atoms with Crippen molar-refractivity contribution in [2.75, 3.05) is 12.8 Å². The van der Waals surface area contributed by atoms with Crippen LogP contribution in [-0.2, 0) is 0 Å². The molecule has 2 rings (SSSR count). The Labute approximate surface area is 119 Å². The lowest BCUT2D eigenvalue weighted by Gasteiger charge is -2.11. The van der Waals surface area contributed by atoms with E-state index >= 15 is 0 Å². The highest BCUT2D eigenvalue weighted by molar-refractivity contribution is 6.34. The summed E-state index contributed by atoms with van der Waals surface area (Å²) in [5.41, 5.74) is 5.77. The van der Waals surface area contributed by atoms with Crippen molar-refractivity contribution >= 4 is 28.9 Å². The van der Waals surface area contributed by atoms with Gasteiger partial charge in [0.25, 0.3) is 0 Å². The highest BCUT2D eigenvalue weighted by Gasteiger charge is 2.11. The molecule has 0 aromatic heterocycles. The highest BCUT2D eigenvalue weighted by atomic mass is 35.5. The van der Waals surface area contributed by atoms with Crippen LogP contribution in [0.1, 0.15) is 0 Å². The van der Waals surface area contributed by atoms with Crippen LogP contribution in [0.2, 0.25) is 10.0 Å². The first-order chi connectivity index (χ1) is 8.99. The predicted octanol–water partition coefficient (Wildman–Crippen LogP) is 4.52. The van der Waals surface area contributed by atoms with Crippen LogP contribution in [0.5, 0.6) is 17.2 Å². The fourth-order valence-corrected chi connectivity index (χ4v) is 2.03. The first-order valence-electron chi connectivity index (χ1n) is 5.26. The van der Waals surface area contributed by atoms with Gasteiger partial charge in [0.2, 0.25) is 0 Å². The number of rotatable bonds is 3. The number of hydrogen-bond donors (Lipinski definition) is 1. The van der Waals surface area contributed by atoms with Crippen LogP contribution in [0.4, 0.5) is 10.1 Å². The molecule has 6 heteroatoms. The second-order valence-electron chi connectivity index (χ2n) is 3.73. The third kappa shape index (κ3) is 3.22. The molecule has 0 spiro atoms. The first-order valence-corrected chi connectivity index (χ1v) is 6.02. The molecule has 0 heterocycles. The van der Waals surface area contributed by atoms with Crippen molar-refractivity contribution in [2.45, 2.75) is 0 Å². The molecule has 2 N–H and O–H groups in total. The third-order valence-electron chi connectivity index (χ3n) is 2.35. The fourth-order valence-electron chi connectivity index (χ4n) is 1.52. The van der Waals surface area contributed by atoms with Gasteiger partial charge in [0.05, 0.1) is 12.8 Å². The van der Waals surface area contributed by atoms with E-state index in [0.29, 0.717) is 21.5 Å². The first kappa shape index (κ1) is 13.8. The van der Waals surface area contributed by atoms with Crippen molar-refractivity contribution in [3.05, 3.63) is 46.2 Å². The fraction of sp³-hybridized carbons (Fsp3) is 0.0769. The summed E-state index contributed by atoms with van der Waals surface area (Å²) in [4.78, 5) is 0. The lowest BCUT2D eigenvalue weighted by molar-refractivity contribution is 0.403. The van der Waals surface area contributed by atoms with Gasteiger partial charge in [-0.3, -0.25) is 0 Å². The van der Waals surface area contributed by atoms with Crippen LogP contribution in [0.15, 0.2) is 30.3 Å². The number of methoxy groups -OCH3 is 1. The molecule has 0 unspecified atom stereocenters. The zero-order chi connectivity index (χ0) is 14.0. The molecule has 2 aromatic carbocycles. The Bertz CT molecular complexity index is 600. The third-order valence-corrected chi connectivity index (χ3v) is 2.78. The molecule has 0 atom stereocenters. The van der Waals surface area contributed by atoms with Crippen molar-refractivity contribution in [1.29, 1.82) is 0 Å². The minimum atomic E-state index is -0.602. The van der Waals surface area contributed by atoms with Gasteiger partial charge in [-0.15, -0.1) is 0 Å². The summed E-state index contributed by atoms with van der Waals surface area (Å²) in [6, 6.07) is 7.08. The van der Waals surface area contributed by atoms with Crippen LogP contribution in [0.25, 0.3) is 0 Å². The molecule has 0 aliphatic heterocycles. The van der Waals surface area contributed by atoms with Gasteiger partial charge in [0, 0.05) is 22.2 Å². The maximum absolute atomic E-state index is 13.7.